The standard InChI is InChI=1S/C13H22F2N4O/c1-4-11-17-12(16-5-2)9(3)13(18-11)19(6-7-20)8-10(14)15/h10,20H,4-8H2,1-3H3,(H,16,17,18). The minimum absolute atomic E-state index is 0.122. The molecule has 0 saturated carbocycles. The predicted molar refractivity (Wildman–Crippen MR) is 75.6 cm³/mol. The zero-order valence-electron chi connectivity index (χ0n) is 12.2. The first-order valence-electron chi connectivity index (χ1n) is 6.78. The molecule has 0 radical (unpaired) electrons. The van der Waals surface area contributed by atoms with Gasteiger partial charge in [0.05, 0.1) is 13.2 Å². The van der Waals surface area contributed by atoms with E-state index in [4.69, 9.17) is 5.11 Å². The number of aryl methyl sites for hydroxylation is 1. The SMILES string of the molecule is CCNc1nc(CC)nc(N(CCO)CC(F)F)c1C. The molecule has 0 spiro atoms. The molecule has 0 aliphatic carbocycles. The summed E-state index contributed by atoms with van der Waals surface area (Å²) < 4.78 is 25.3. The van der Waals surface area contributed by atoms with Gasteiger partial charge in [0.2, 0.25) is 0 Å². The summed E-state index contributed by atoms with van der Waals surface area (Å²) in [6.07, 6.45) is -1.86. The number of hydrogen-bond acceptors (Lipinski definition) is 5. The van der Waals surface area contributed by atoms with Gasteiger partial charge in [0.1, 0.15) is 17.5 Å². The van der Waals surface area contributed by atoms with Crippen LogP contribution in [0.3, 0.4) is 0 Å². The molecule has 0 aliphatic rings. The third-order valence-electron chi connectivity index (χ3n) is 2.85. The number of aromatic nitrogens is 2. The average molecular weight is 288 g/mol. The molecule has 1 heterocycles. The Kier molecular flexibility index (Phi) is 6.57. The summed E-state index contributed by atoms with van der Waals surface area (Å²) in [6, 6.07) is 0. The Bertz CT molecular complexity index is 429. The molecule has 20 heavy (non-hydrogen) atoms. The lowest BCUT2D eigenvalue weighted by atomic mass is 10.2. The minimum Gasteiger partial charge on any atom is -0.395 e. The first kappa shape index (κ1) is 16.6. The average Bonchev–Trinajstić information content (AvgIpc) is 2.40. The fourth-order valence-corrected chi connectivity index (χ4v) is 1.93. The van der Waals surface area contributed by atoms with Crippen LogP contribution in [0.1, 0.15) is 25.2 Å². The van der Waals surface area contributed by atoms with Gasteiger partial charge in [-0.2, -0.15) is 0 Å². The van der Waals surface area contributed by atoms with Crippen LogP contribution in [-0.2, 0) is 6.42 Å². The lowest BCUT2D eigenvalue weighted by Gasteiger charge is -2.25. The highest BCUT2D eigenvalue weighted by atomic mass is 19.3. The second-order valence-corrected chi connectivity index (χ2v) is 4.38. The number of rotatable bonds is 8. The molecule has 0 aromatic carbocycles. The molecule has 0 atom stereocenters. The zero-order chi connectivity index (χ0) is 15.1. The maximum absolute atomic E-state index is 12.7. The predicted octanol–water partition coefficient (Wildman–Crippen LogP) is 1.84. The van der Waals surface area contributed by atoms with Crippen molar-refractivity contribution in [2.75, 3.05) is 36.5 Å². The smallest absolute Gasteiger partial charge is 0.255 e. The molecule has 0 fully saturated rings. The highest BCUT2D eigenvalue weighted by molar-refractivity contribution is 5.58. The van der Waals surface area contributed by atoms with Gasteiger partial charge in [0, 0.05) is 25.1 Å². The molecule has 1 aromatic heterocycles. The van der Waals surface area contributed by atoms with E-state index in [1.165, 1.54) is 4.90 Å². The van der Waals surface area contributed by atoms with Gasteiger partial charge in [-0.05, 0) is 13.8 Å². The minimum atomic E-state index is -2.48. The van der Waals surface area contributed by atoms with Crippen molar-refractivity contribution >= 4 is 11.6 Å². The number of hydrogen-bond donors (Lipinski definition) is 2. The Hall–Kier alpha value is -1.50. The Balaban J connectivity index is 3.20. The number of anilines is 2. The van der Waals surface area contributed by atoms with Crippen LogP contribution in [0.5, 0.6) is 0 Å². The maximum Gasteiger partial charge on any atom is 0.255 e. The largest absolute Gasteiger partial charge is 0.395 e. The molecule has 7 heteroatoms. The van der Waals surface area contributed by atoms with Crippen LogP contribution < -0.4 is 10.2 Å². The molecule has 0 aliphatic heterocycles. The quantitative estimate of drug-likeness (QED) is 0.764. The second-order valence-electron chi connectivity index (χ2n) is 4.38. The molecule has 1 rings (SSSR count). The van der Waals surface area contributed by atoms with E-state index in [1.807, 2.05) is 13.8 Å². The van der Waals surface area contributed by atoms with Crippen molar-refractivity contribution in [1.82, 2.24) is 9.97 Å². The summed E-state index contributed by atoms with van der Waals surface area (Å²) >= 11 is 0. The van der Waals surface area contributed by atoms with Gasteiger partial charge in [-0.3, -0.25) is 0 Å². The zero-order valence-corrected chi connectivity index (χ0v) is 12.2. The molecule has 2 N–H and O–H groups in total. The van der Waals surface area contributed by atoms with Crippen molar-refractivity contribution in [2.45, 2.75) is 33.6 Å². The highest BCUT2D eigenvalue weighted by Crippen LogP contribution is 2.24. The van der Waals surface area contributed by atoms with Crippen molar-refractivity contribution in [3.05, 3.63) is 11.4 Å². The highest BCUT2D eigenvalue weighted by Gasteiger charge is 2.19. The van der Waals surface area contributed by atoms with Crippen LogP contribution in [0.25, 0.3) is 0 Å². The van der Waals surface area contributed by atoms with Crippen LogP contribution in [0, 0.1) is 6.92 Å². The van der Waals surface area contributed by atoms with Gasteiger partial charge in [-0.1, -0.05) is 6.92 Å². The van der Waals surface area contributed by atoms with E-state index in [2.05, 4.69) is 15.3 Å². The van der Waals surface area contributed by atoms with E-state index in [0.29, 0.717) is 30.4 Å². The monoisotopic (exact) mass is 288 g/mol. The van der Waals surface area contributed by atoms with Gasteiger partial charge in [-0.25, -0.2) is 18.7 Å². The lowest BCUT2D eigenvalue weighted by Crippen LogP contribution is -2.33. The second kappa shape index (κ2) is 7.94. The van der Waals surface area contributed by atoms with Crippen molar-refractivity contribution < 1.29 is 13.9 Å². The van der Waals surface area contributed by atoms with E-state index >= 15 is 0 Å². The summed E-state index contributed by atoms with van der Waals surface area (Å²) in [5.74, 6) is 1.72. The van der Waals surface area contributed by atoms with E-state index in [0.717, 1.165) is 5.56 Å². The molecule has 0 bridgehead atoms. The van der Waals surface area contributed by atoms with Crippen LogP contribution in [0.4, 0.5) is 20.4 Å². The lowest BCUT2D eigenvalue weighted by molar-refractivity contribution is 0.152. The van der Waals surface area contributed by atoms with Crippen LogP contribution in [0.15, 0.2) is 0 Å². The van der Waals surface area contributed by atoms with Crippen LogP contribution in [0.2, 0.25) is 0 Å². The summed E-state index contributed by atoms with van der Waals surface area (Å²) in [4.78, 5) is 10.1. The summed E-state index contributed by atoms with van der Waals surface area (Å²) in [7, 11) is 0. The molecule has 5 nitrogen and oxygen atoms in total. The van der Waals surface area contributed by atoms with E-state index in [1.54, 1.807) is 6.92 Å². The Morgan fingerprint density at radius 1 is 1.30 bits per heavy atom. The van der Waals surface area contributed by atoms with Crippen molar-refractivity contribution in [3.8, 4) is 0 Å². The van der Waals surface area contributed by atoms with Crippen LogP contribution >= 0.6 is 0 Å². The normalized spacial score (nSPS) is 10.9. The molecular weight excluding hydrogens is 266 g/mol. The number of alkyl halides is 2. The number of halogens is 2. The van der Waals surface area contributed by atoms with Crippen molar-refractivity contribution in [3.63, 3.8) is 0 Å². The van der Waals surface area contributed by atoms with Crippen LogP contribution in [-0.4, -0.2) is 47.7 Å². The summed E-state index contributed by atoms with van der Waals surface area (Å²) in [5, 5.41) is 12.2. The van der Waals surface area contributed by atoms with E-state index in [-0.39, 0.29) is 13.2 Å². The fraction of sp³-hybridized carbons (Fsp3) is 0.692. The van der Waals surface area contributed by atoms with Gasteiger partial charge in [0.15, 0.2) is 0 Å². The fourth-order valence-electron chi connectivity index (χ4n) is 1.93. The first-order valence-corrected chi connectivity index (χ1v) is 6.78. The molecule has 0 amide bonds. The van der Waals surface area contributed by atoms with E-state index < -0.39 is 13.0 Å². The number of nitrogens with one attached hydrogen (secondary N) is 1. The van der Waals surface area contributed by atoms with Gasteiger partial charge in [0.25, 0.3) is 6.43 Å². The van der Waals surface area contributed by atoms with Crippen molar-refractivity contribution in [1.29, 1.82) is 0 Å². The molecule has 0 unspecified atom stereocenters. The molecule has 114 valence electrons. The Morgan fingerprint density at radius 2 is 2.00 bits per heavy atom. The Morgan fingerprint density at radius 3 is 2.50 bits per heavy atom. The van der Waals surface area contributed by atoms with Gasteiger partial charge >= 0.3 is 0 Å². The molecular formula is C13H22F2N4O. The summed E-state index contributed by atoms with van der Waals surface area (Å²) in [5.41, 5.74) is 0.721. The number of nitrogens with zero attached hydrogens (tertiary/aromatic N) is 3. The first-order chi connectivity index (χ1) is 9.53. The number of aliphatic hydroxyl groups excluding tert-OH is 1. The summed E-state index contributed by atoms with van der Waals surface area (Å²) in [6.45, 7) is 5.81. The molecule has 0 saturated heterocycles. The topological polar surface area (TPSA) is 61.3 Å². The maximum atomic E-state index is 12.7. The van der Waals surface area contributed by atoms with E-state index in [9.17, 15) is 8.78 Å². The third-order valence-corrected chi connectivity index (χ3v) is 2.85. The third kappa shape index (κ3) is 4.26. The molecule has 1 aromatic rings. The van der Waals surface area contributed by atoms with Gasteiger partial charge < -0.3 is 15.3 Å². The van der Waals surface area contributed by atoms with Crippen molar-refractivity contribution in [2.24, 2.45) is 0 Å². The number of aliphatic hydroxyl groups is 1. The Labute approximate surface area is 118 Å². The van der Waals surface area contributed by atoms with Gasteiger partial charge in [-0.15, -0.1) is 0 Å².